The van der Waals surface area contributed by atoms with Crippen molar-refractivity contribution in [3.05, 3.63) is 64.3 Å². The summed E-state index contributed by atoms with van der Waals surface area (Å²) in [6.45, 7) is 4.49. The molecule has 2 aliphatic carbocycles. The van der Waals surface area contributed by atoms with Crippen LogP contribution in [0.3, 0.4) is 0 Å². The summed E-state index contributed by atoms with van der Waals surface area (Å²) in [7, 11) is 0. The molecule has 1 aromatic carbocycles. The van der Waals surface area contributed by atoms with Gasteiger partial charge in [0.1, 0.15) is 0 Å². The SMILES string of the molecule is CC1=C(C2=CC=CC2)Cc2cccc(C)c21. The molecular weight excluding hydrogens is 192 g/mol. The van der Waals surface area contributed by atoms with Crippen molar-refractivity contribution < 1.29 is 0 Å². The molecule has 0 radical (unpaired) electrons. The largest absolute Gasteiger partial charge is 0.0801 e. The van der Waals surface area contributed by atoms with Crippen molar-refractivity contribution in [1.82, 2.24) is 0 Å². The maximum Gasteiger partial charge on any atom is -0.00139 e. The van der Waals surface area contributed by atoms with Crippen LogP contribution >= 0.6 is 0 Å². The van der Waals surface area contributed by atoms with Gasteiger partial charge in [-0.3, -0.25) is 0 Å². The maximum absolute atomic E-state index is 2.27. The highest BCUT2D eigenvalue weighted by Crippen LogP contribution is 2.39. The van der Waals surface area contributed by atoms with E-state index >= 15 is 0 Å². The lowest BCUT2D eigenvalue weighted by Crippen LogP contribution is -1.88. The van der Waals surface area contributed by atoms with Crippen molar-refractivity contribution in [3.8, 4) is 0 Å². The van der Waals surface area contributed by atoms with Crippen molar-refractivity contribution >= 4 is 5.57 Å². The predicted molar refractivity (Wildman–Crippen MR) is 69.3 cm³/mol. The van der Waals surface area contributed by atoms with Gasteiger partial charge in [-0.05, 0) is 60.1 Å². The summed E-state index contributed by atoms with van der Waals surface area (Å²) in [4.78, 5) is 0. The second-order valence-corrected chi connectivity index (χ2v) is 4.71. The van der Waals surface area contributed by atoms with Crippen LogP contribution in [0.1, 0.15) is 30.0 Å². The van der Waals surface area contributed by atoms with Gasteiger partial charge < -0.3 is 0 Å². The first kappa shape index (κ1) is 9.65. The fourth-order valence-corrected chi connectivity index (χ4v) is 2.91. The van der Waals surface area contributed by atoms with Gasteiger partial charge in [-0.1, -0.05) is 36.4 Å². The number of rotatable bonds is 1. The van der Waals surface area contributed by atoms with Crippen molar-refractivity contribution in [3.63, 3.8) is 0 Å². The fraction of sp³-hybridized carbons (Fsp3) is 0.250. The minimum Gasteiger partial charge on any atom is -0.0801 e. The molecule has 0 heteroatoms. The molecule has 0 bridgehead atoms. The summed E-state index contributed by atoms with van der Waals surface area (Å²) in [5, 5.41) is 0. The first-order valence-corrected chi connectivity index (χ1v) is 5.92. The standard InChI is InChI=1S/C16H16/c1-11-6-5-9-14-10-15(12(2)16(11)14)13-7-3-4-8-13/h3-7,9H,8,10H2,1-2H3. The van der Waals surface area contributed by atoms with Crippen molar-refractivity contribution in [1.29, 1.82) is 0 Å². The predicted octanol–water partition coefficient (Wildman–Crippen LogP) is 4.21. The second-order valence-electron chi connectivity index (χ2n) is 4.71. The first-order chi connectivity index (χ1) is 7.77. The summed E-state index contributed by atoms with van der Waals surface area (Å²) in [5.74, 6) is 0. The van der Waals surface area contributed by atoms with Crippen LogP contribution in [0.5, 0.6) is 0 Å². The molecule has 0 atom stereocenters. The van der Waals surface area contributed by atoms with E-state index < -0.39 is 0 Å². The van der Waals surface area contributed by atoms with E-state index in [1.807, 2.05) is 0 Å². The van der Waals surface area contributed by atoms with Gasteiger partial charge >= 0.3 is 0 Å². The first-order valence-electron chi connectivity index (χ1n) is 5.92. The van der Waals surface area contributed by atoms with Crippen molar-refractivity contribution in [2.24, 2.45) is 0 Å². The summed E-state index contributed by atoms with van der Waals surface area (Å²) in [6.07, 6.45) is 8.91. The lowest BCUT2D eigenvalue weighted by atomic mass is 9.99. The molecular formula is C16H16. The maximum atomic E-state index is 2.27. The van der Waals surface area contributed by atoms with E-state index in [1.165, 1.54) is 27.8 Å². The van der Waals surface area contributed by atoms with Crippen LogP contribution < -0.4 is 0 Å². The Morgan fingerprint density at radius 2 is 2.00 bits per heavy atom. The Hall–Kier alpha value is -1.56. The molecule has 0 fully saturated rings. The van der Waals surface area contributed by atoms with Gasteiger partial charge in [-0.2, -0.15) is 0 Å². The normalized spacial score (nSPS) is 18.0. The Labute approximate surface area is 97.0 Å². The summed E-state index contributed by atoms with van der Waals surface area (Å²) in [6, 6.07) is 6.65. The Morgan fingerprint density at radius 3 is 2.69 bits per heavy atom. The average Bonchev–Trinajstić information content (AvgIpc) is 2.86. The second kappa shape index (κ2) is 3.48. The number of hydrogen-bond acceptors (Lipinski definition) is 0. The van der Waals surface area contributed by atoms with Gasteiger partial charge in [0.2, 0.25) is 0 Å². The highest BCUT2D eigenvalue weighted by atomic mass is 14.3. The van der Waals surface area contributed by atoms with E-state index in [2.05, 4.69) is 50.3 Å². The highest BCUT2D eigenvalue weighted by Gasteiger charge is 2.22. The molecule has 0 aromatic heterocycles. The van der Waals surface area contributed by atoms with Crippen LogP contribution in [-0.4, -0.2) is 0 Å². The molecule has 0 amide bonds. The quantitative estimate of drug-likeness (QED) is 0.648. The molecule has 0 aliphatic heterocycles. The molecule has 3 rings (SSSR count). The van der Waals surface area contributed by atoms with Crippen LogP contribution in [0, 0.1) is 6.92 Å². The molecule has 0 N–H and O–H groups in total. The Morgan fingerprint density at radius 1 is 1.12 bits per heavy atom. The zero-order valence-electron chi connectivity index (χ0n) is 9.88. The molecule has 1 aromatic rings. The lowest BCUT2D eigenvalue weighted by molar-refractivity contribution is 1.15. The van der Waals surface area contributed by atoms with E-state index in [0.717, 1.165) is 12.8 Å². The zero-order chi connectivity index (χ0) is 11.1. The van der Waals surface area contributed by atoms with Crippen LogP contribution in [-0.2, 0) is 6.42 Å². The zero-order valence-corrected chi connectivity index (χ0v) is 9.88. The minimum absolute atomic E-state index is 1.11. The average molecular weight is 208 g/mol. The molecule has 0 nitrogen and oxygen atoms in total. The third-order valence-electron chi connectivity index (χ3n) is 3.71. The van der Waals surface area contributed by atoms with E-state index in [-0.39, 0.29) is 0 Å². The third kappa shape index (κ3) is 1.30. The molecule has 2 aliphatic rings. The van der Waals surface area contributed by atoms with Gasteiger partial charge in [0.05, 0.1) is 0 Å². The number of fused-ring (bicyclic) bond motifs is 1. The number of benzene rings is 1. The lowest BCUT2D eigenvalue weighted by Gasteiger charge is -2.05. The Kier molecular flexibility index (Phi) is 2.10. The van der Waals surface area contributed by atoms with Gasteiger partial charge in [-0.15, -0.1) is 0 Å². The molecule has 80 valence electrons. The topological polar surface area (TPSA) is 0 Å². The van der Waals surface area contributed by atoms with Crippen molar-refractivity contribution in [2.45, 2.75) is 26.7 Å². The smallest absolute Gasteiger partial charge is 0.00139 e. The minimum atomic E-state index is 1.11. The number of aryl methyl sites for hydroxylation is 1. The van der Waals surface area contributed by atoms with Gasteiger partial charge in [-0.25, -0.2) is 0 Å². The monoisotopic (exact) mass is 208 g/mol. The van der Waals surface area contributed by atoms with Crippen LogP contribution in [0.25, 0.3) is 5.57 Å². The molecule has 0 spiro atoms. The van der Waals surface area contributed by atoms with Crippen molar-refractivity contribution in [2.75, 3.05) is 0 Å². The Balaban J connectivity index is 2.10. The summed E-state index contributed by atoms with van der Waals surface area (Å²) >= 11 is 0. The third-order valence-corrected chi connectivity index (χ3v) is 3.71. The van der Waals surface area contributed by atoms with Gasteiger partial charge in [0.25, 0.3) is 0 Å². The fourth-order valence-electron chi connectivity index (χ4n) is 2.91. The molecule has 0 saturated heterocycles. The molecule has 16 heavy (non-hydrogen) atoms. The van der Waals surface area contributed by atoms with E-state index in [1.54, 1.807) is 5.57 Å². The molecule has 0 saturated carbocycles. The molecule has 0 unspecified atom stereocenters. The van der Waals surface area contributed by atoms with E-state index in [9.17, 15) is 0 Å². The Bertz CT molecular complexity index is 539. The van der Waals surface area contributed by atoms with Crippen LogP contribution in [0.4, 0.5) is 0 Å². The van der Waals surface area contributed by atoms with E-state index in [4.69, 9.17) is 0 Å². The van der Waals surface area contributed by atoms with Crippen LogP contribution in [0.2, 0.25) is 0 Å². The van der Waals surface area contributed by atoms with E-state index in [0.29, 0.717) is 0 Å². The summed E-state index contributed by atoms with van der Waals surface area (Å²) in [5.41, 5.74) is 8.95. The highest BCUT2D eigenvalue weighted by molar-refractivity contribution is 5.80. The molecule has 0 heterocycles. The van der Waals surface area contributed by atoms with Gasteiger partial charge in [0.15, 0.2) is 0 Å². The summed E-state index contributed by atoms with van der Waals surface area (Å²) < 4.78 is 0. The van der Waals surface area contributed by atoms with Crippen LogP contribution in [0.15, 0.2) is 47.6 Å². The number of hydrogen-bond donors (Lipinski definition) is 0. The van der Waals surface area contributed by atoms with Gasteiger partial charge in [0, 0.05) is 0 Å². The number of allylic oxidation sites excluding steroid dienone is 6.